The Labute approximate surface area is 434 Å². The van der Waals surface area contributed by atoms with Crippen LogP contribution >= 0.6 is 0 Å². The van der Waals surface area contributed by atoms with Gasteiger partial charge in [0.1, 0.15) is 42.8 Å². The van der Waals surface area contributed by atoms with Crippen LogP contribution in [0.3, 0.4) is 0 Å². The van der Waals surface area contributed by atoms with Crippen LogP contribution in [-0.4, -0.2) is 86.5 Å². The number of hydrogen-bond donors (Lipinski definition) is 1. The molecule has 10 rings (SSSR count). The van der Waals surface area contributed by atoms with Crippen molar-refractivity contribution in [3.05, 3.63) is 198 Å². The third-order valence-electron chi connectivity index (χ3n) is 15.0. The van der Waals surface area contributed by atoms with E-state index in [1.54, 1.807) is 31.1 Å². The molecule has 2 amide bonds. The first-order valence-electron chi connectivity index (χ1n) is 25.1. The largest absolute Gasteiger partial charge is 0.483 e. The molecule has 76 heavy (non-hydrogen) atoms. The zero-order valence-electron chi connectivity index (χ0n) is 41.7. The summed E-state index contributed by atoms with van der Waals surface area (Å²) in [6.07, 6.45) is 4.14. The van der Waals surface area contributed by atoms with Crippen molar-refractivity contribution in [2.45, 2.75) is 76.7 Å². The molecule has 2 aromatic heterocycles. The summed E-state index contributed by atoms with van der Waals surface area (Å²) in [6, 6.07) is 24.5. The van der Waals surface area contributed by atoms with Gasteiger partial charge in [-0.1, -0.05) is 72.8 Å². The fraction of sp³-hybridized carbons (Fsp3) is 0.328. The Morgan fingerprint density at radius 2 is 1.07 bits per heavy atom. The molecule has 0 saturated heterocycles. The Kier molecular flexibility index (Phi) is 15.1. The molecular formula is C58H54F4N4O10. The number of rotatable bonds is 18. The smallest absolute Gasteiger partial charge is 0.274 e. The van der Waals surface area contributed by atoms with Gasteiger partial charge in [-0.3, -0.25) is 28.8 Å². The second-order valence-corrected chi connectivity index (χ2v) is 19.6. The summed E-state index contributed by atoms with van der Waals surface area (Å²) in [6.45, 7) is 4.95. The number of nitrogens with zero attached hydrogens (tertiary/aromatic N) is 4. The van der Waals surface area contributed by atoms with E-state index < -0.39 is 62.7 Å². The number of carbonyl (C=O) groups excluding carboxylic acids is 5. The molecule has 2 saturated carbocycles. The first kappa shape index (κ1) is 52.9. The molecule has 1 N–H and O–H groups in total. The van der Waals surface area contributed by atoms with Crippen LogP contribution in [0.1, 0.15) is 103 Å². The number of pyridine rings is 2. The van der Waals surface area contributed by atoms with E-state index in [0.717, 1.165) is 41.7 Å². The number of aliphatic hydroxyl groups is 1. The van der Waals surface area contributed by atoms with Gasteiger partial charge < -0.3 is 38.3 Å². The Morgan fingerprint density at radius 3 is 1.45 bits per heavy atom. The molecule has 4 aliphatic rings. The van der Waals surface area contributed by atoms with Crippen LogP contribution in [0.25, 0.3) is 0 Å². The average Bonchev–Trinajstić information content (AvgIpc) is 4.38. The minimum absolute atomic E-state index is 0.00890. The summed E-state index contributed by atoms with van der Waals surface area (Å²) < 4.78 is 69.9. The van der Waals surface area contributed by atoms with E-state index in [0.29, 0.717) is 32.5 Å². The topological polar surface area (TPSA) is 175 Å². The zero-order chi connectivity index (χ0) is 54.1. The molecule has 4 heterocycles. The third-order valence-corrected chi connectivity index (χ3v) is 15.0. The molecule has 6 aromatic rings. The standard InChI is InChI=1S/C29H28F2N2O5.C29H26F2N2O5/c2*1-2-32-17-29(13-20(29)15-34)33-14-22(24(35)11-9-19-8-10-21(30)12-23(19)31)26(36)27(25(33)28(32)37)38-16-18-6-4-3-5-7-18/h3-8,10,12,14,20,34H,2,9,11,13,15-17H2,1H3;3-8,10,12,14-15,20H,2,9,11,13,16-17H2,1H3/t2*20-,29-/m11/s1. The molecular weight excluding hydrogens is 989 g/mol. The van der Waals surface area contributed by atoms with E-state index >= 15 is 0 Å². The van der Waals surface area contributed by atoms with Gasteiger partial charge in [0, 0.05) is 82.0 Å². The number of ether oxygens (including phenoxy) is 2. The lowest BCUT2D eigenvalue weighted by Crippen LogP contribution is -2.50. The highest BCUT2D eigenvalue weighted by Crippen LogP contribution is 2.54. The van der Waals surface area contributed by atoms with E-state index in [2.05, 4.69) is 0 Å². The monoisotopic (exact) mass is 1040 g/mol. The van der Waals surface area contributed by atoms with Crippen molar-refractivity contribution >= 4 is 29.7 Å². The molecule has 4 aromatic carbocycles. The Balaban J connectivity index is 0.000000186. The maximum absolute atomic E-state index is 14.1. The van der Waals surface area contributed by atoms with Crippen molar-refractivity contribution in [1.82, 2.24) is 18.9 Å². The summed E-state index contributed by atoms with van der Waals surface area (Å²) >= 11 is 0. The Bertz CT molecular complexity index is 3390. The molecule has 2 spiro atoms. The molecule has 0 unspecified atom stereocenters. The van der Waals surface area contributed by atoms with Gasteiger partial charge in [0.15, 0.2) is 34.5 Å². The number of aldehydes is 1. The lowest BCUT2D eigenvalue weighted by molar-refractivity contribution is -0.109. The fourth-order valence-corrected chi connectivity index (χ4v) is 10.4. The highest BCUT2D eigenvalue weighted by atomic mass is 19.1. The van der Waals surface area contributed by atoms with E-state index in [4.69, 9.17) is 9.47 Å². The van der Waals surface area contributed by atoms with Crippen LogP contribution in [0.2, 0.25) is 0 Å². The van der Waals surface area contributed by atoms with Crippen LogP contribution in [0, 0.1) is 35.1 Å². The number of ketones is 2. The van der Waals surface area contributed by atoms with Gasteiger partial charge in [-0.15, -0.1) is 0 Å². The quantitative estimate of drug-likeness (QED) is 0.0513. The van der Waals surface area contributed by atoms with Gasteiger partial charge in [0.2, 0.25) is 10.9 Å². The second kappa shape index (κ2) is 21.7. The van der Waals surface area contributed by atoms with Gasteiger partial charge in [-0.2, -0.15) is 0 Å². The molecule has 18 heteroatoms. The average molecular weight is 1040 g/mol. The molecule has 2 aliphatic heterocycles. The zero-order valence-corrected chi connectivity index (χ0v) is 41.7. The number of aryl methyl sites for hydroxylation is 2. The second-order valence-electron chi connectivity index (χ2n) is 19.6. The van der Waals surface area contributed by atoms with E-state index in [1.165, 1.54) is 24.5 Å². The summed E-state index contributed by atoms with van der Waals surface area (Å²) in [5.74, 6) is -5.87. The highest BCUT2D eigenvalue weighted by molar-refractivity contribution is 6.01. The van der Waals surface area contributed by atoms with Crippen LogP contribution in [0.15, 0.2) is 119 Å². The van der Waals surface area contributed by atoms with E-state index in [9.17, 15) is 56.2 Å². The number of benzene rings is 4. The van der Waals surface area contributed by atoms with Crippen LogP contribution in [-0.2, 0) is 41.9 Å². The van der Waals surface area contributed by atoms with Gasteiger partial charge in [-0.25, -0.2) is 17.6 Å². The summed E-state index contributed by atoms with van der Waals surface area (Å²) in [7, 11) is 0. The maximum atomic E-state index is 14.1. The SMILES string of the molecule is CCN1C[C@@]2(C[C@@H]2C=O)n2cc(C(=O)CCc3ccc(F)cc3F)c(=O)c(OCc3ccccc3)c2C1=O.CCN1C[C@@]2(C[C@@H]2CO)n2cc(C(=O)CCc3ccc(F)cc3F)c(=O)c(OCc3ccccc3)c2C1=O. The minimum Gasteiger partial charge on any atom is -0.483 e. The molecule has 394 valence electrons. The third kappa shape index (κ3) is 10.1. The van der Waals surface area contributed by atoms with Gasteiger partial charge in [0.25, 0.3) is 11.8 Å². The molecule has 2 aliphatic carbocycles. The van der Waals surface area contributed by atoms with Crippen molar-refractivity contribution in [2.24, 2.45) is 11.8 Å². The molecule has 14 nitrogen and oxygen atoms in total. The van der Waals surface area contributed by atoms with Crippen molar-refractivity contribution in [3.8, 4) is 11.5 Å². The first-order valence-corrected chi connectivity index (χ1v) is 25.1. The fourth-order valence-electron chi connectivity index (χ4n) is 10.4. The number of aliphatic hydroxyl groups excluding tert-OH is 1. The van der Waals surface area contributed by atoms with E-state index in [1.807, 2.05) is 62.4 Å². The van der Waals surface area contributed by atoms with E-state index in [-0.39, 0.29) is 115 Å². The number of hydrogen-bond acceptors (Lipinski definition) is 10. The maximum Gasteiger partial charge on any atom is 0.274 e. The highest BCUT2D eigenvalue weighted by Gasteiger charge is 2.61. The number of amides is 2. The Hall–Kier alpha value is -7.99. The number of carbonyl (C=O) groups is 5. The van der Waals surface area contributed by atoms with Crippen LogP contribution in [0.5, 0.6) is 11.5 Å². The lowest BCUT2D eigenvalue weighted by atomic mass is 10.00. The predicted molar refractivity (Wildman–Crippen MR) is 269 cm³/mol. The van der Waals surface area contributed by atoms with Crippen molar-refractivity contribution in [3.63, 3.8) is 0 Å². The molecule has 2 fully saturated rings. The Morgan fingerprint density at radius 1 is 0.632 bits per heavy atom. The van der Waals surface area contributed by atoms with Crippen LogP contribution in [0.4, 0.5) is 17.6 Å². The summed E-state index contributed by atoms with van der Waals surface area (Å²) in [4.78, 5) is 95.8. The summed E-state index contributed by atoms with van der Waals surface area (Å²) in [5, 5.41) is 9.95. The van der Waals surface area contributed by atoms with Crippen molar-refractivity contribution in [1.29, 1.82) is 0 Å². The number of aromatic nitrogens is 2. The van der Waals surface area contributed by atoms with Crippen molar-refractivity contribution < 1.29 is 56.1 Å². The van der Waals surface area contributed by atoms with Gasteiger partial charge >= 0.3 is 0 Å². The molecule has 4 atom stereocenters. The first-order chi connectivity index (χ1) is 36.6. The minimum atomic E-state index is -0.775. The van der Waals surface area contributed by atoms with Gasteiger partial charge in [0.05, 0.1) is 22.2 Å². The predicted octanol–water partition coefficient (Wildman–Crippen LogP) is 7.62. The molecule has 0 radical (unpaired) electrons. The van der Waals surface area contributed by atoms with Crippen LogP contribution < -0.4 is 20.3 Å². The number of likely N-dealkylation sites (N-methyl/N-ethyl adjacent to an activating group) is 2. The normalized spacial score (nSPS) is 19.9. The number of fused-ring (bicyclic) bond motifs is 4. The number of Topliss-reactive ketones (excluding diaryl/α,β-unsaturated/α-hetero) is 2. The number of halogens is 4. The van der Waals surface area contributed by atoms with Crippen molar-refractivity contribution in [2.75, 3.05) is 32.8 Å². The van der Waals surface area contributed by atoms with Gasteiger partial charge in [-0.05, 0) is 73.9 Å². The molecule has 0 bridgehead atoms. The summed E-state index contributed by atoms with van der Waals surface area (Å²) in [5.41, 5.74) is -1.30. The lowest BCUT2D eigenvalue weighted by Gasteiger charge is -2.37.